The van der Waals surface area contributed by atoms with Gasteiger partial charge in [0.2, 0.25) is 11.8 Å². The van der Waals surface area contributed by atoms with Crippen LogP contribution in [0.4, 0.5) is 18.9 Å². The lowest BCUT2D eigenvalue weighted by molar-refractivity contribution is -0.141. The number of carbonyl (C=O) groups is 3. The predicted octanol–water partition coefficient (Wildman–Crippen LogP) is 5.89. The first-order chi connectivity index (χ1) is 29.4. The van der Waals surface area contributed by atoms with Crippen molar-refractivity contribution in [2.75, 3.05) is 38.0 Å². The number of hydrogen-bond donors (Lipinski definition) is 3. The number of likely N-dealkylation sites (tertiary alicyclic amines) is 2. The van der Waals surface area contributed by atoms with Crippen molar-refractivity contribution < 1.29 is 32.7 Å². The number of rotatable bonds is 9. The maximum Gasteiger partial charge on any atom is 0.433 e. The zero-order chi connectivity index (χ0) is 43.7. The Balaban J connectivity index is 0.778. The second-order valence-electron chi connectivity index (χ2n) is 18.6. The van der Waals surface area contributed by atoms with Crippen LogP contribution in [0.15, 0.2) is 59.5 Å². The summed E-state index contributed by atoms with van der Waals surface area (Å²) in [7, 11) is 1.75. The number of halogens is 3. The van der Waals surface area contributed by atoms with E-state index in [4.69, 9.17) is 5.10 Å². The number of para-hydroxylation sites is 1. The minimum atomic E-state index is -4.69. The Morgan fingerprint density at radius 2 is 1.69 bits per heavy atom. The highest BCUT2D eigenvalue weighted by Crippen LogP contribution is 2.43. The van der Waals surface area contributed by atoms with Crippen LogP contribution in [0.25, 0.3) is 21.9 Å². The minimum absolute atomic E-state index is 0.200. The Hall–Kier alpha value is -5.39. The van der Waals surface area contributed by atoms with Gasteiger partial charge in [-0.15, -0.1) is 0 Å². The Morgan fingerprint density at radius 1 is 0.968 bits per heavy atom. The summed E-state index contributed by atoms with van der Waals surface area (Å²) in [6, 6.07) is 12.0. The highest BCUT2D eigenvalue weighted by atomic mass is 19.4. The van der Waals surface area contributed by atoms with Crippen molar-refractivity contribution in [1.82, 2.24) is 39.0 Å². The Labute approximate surface area is 356 Å². The fraction of sp³-hybridized carbons (Fsp3) is 0.511. The standard InChI is InChI=1S/C45H52F3N9O5/c1-43(2,62)31-21-33-29(20-34(31)50-40(59)32-7-5-9-37(49-32)45(46,47)48)24-56(52-33)30-12-10-27(11-13-30)22-54-18-16-44(17-19-54)25-55(26-44)23-28-6-4-8-35-39(28)53(3)42(61)57(35)36-14-15-38(58)51-41(36)60/h4-9,20-21,24,27,30,36,62H,10-19,22-23,25-26H2,1-3H3,(H,50,59)(H,51,58,60)/t27-,30-,36?. The van der Waals surface area contributed by atoms with Crippen molar-refractivity contribution in [3.63, 3.8) is 0 Å². The first-order valence-corrected chi connectivity index (χ1v) is 21.5. The summed E-state index contributed by atoms with van der Waals surface area (Å²) in [5.74, 6) is -0.957. The zero-order valence-corrected chi connectivity index (χ0v) is 35.2. The van der Waals surface area contributed by atoms with Crippen LogP contribution in [-0.2, 0) is 35.0 Å². The van der Waals surface area contributed by atoms with Gasteiger partial charge >= 0.3 is 11.9 Å². The van der Waals surface area contributed by atoms with Gasteiger partial charge in [0, 0.05) is 62.5 Å². The van der Waals surface area contributed by atoms with Crippen LogP contribution in [0.1, 0.15) is 105 Å². The molecule has 14 nitrogen and oxygen atoms in total. The predicted molar refractivity (Wildman–Crippen MR) is 225 cm³/mol. The Morgan fingerprint density at radius 3 is 2.39 bits per heavy atom. The number of piperidine rings is 2. The fourth-order valence-corrected chi connectivity index (χ4v) is 10.4. The van der Waals surface area contributed by atoms with Crippen LogP contribution in [0.2, 0.25) is 0 Å². The number of fused-ring (bicyclic) bond motifs is 2. The largest absolute Gasteiger partial charge is 0.433 e. The molecule has 62 heavy (non-hydrogen) atoms. The molecule has 1 spiro atoms. The molecule has 2 aromatic carbocycles. The van der Waals surface area contributed by atoms with Crippen LogP contribution < -0.4 is 16.3 Å². The van der Waals surface area contributed by atoms with E-state index in [2.05, 4.69) is 31.5 Å². The lowest BCUT2D eigenvalue weighted by atomic mass is 9.71. The number of carbonyl (C=O) groups excluding carboxylic acids is 3. The molecule has 3 saturated heterocycles. The molecule has 6 heterocycles. The highest BCUT2D eigenvalue weighted by Gasteiger charge is 2.45. The Kier molecular flexibility index (Phi) is 10.7. The number of aromatic nitrogens is 5. The molecule has 3 aromatic heterocycles. The summed E-state index contributed by atoms with van der Waals surface area (Å²) < 4.78 is 45.0. The summed E-state index contributed by atoms with van der Waals surface area (Å²) in [5.41, 5.74) is 1.07. The molecule has 4 fully saturated rings. The third-order valence-corrected chi connectivity index (χ3v) is 13.7. The van der Waals surface area contributed by atoms with Gasteiger partial charge in [0.25, 0.3) is 5.91 Å². The van der Waals surface area contributed by atoms with Gasteiger partial charge in [-0.05, 0) is 119 Å². The van der Waals surface area contributed by atoms with Crippen molar-refractivity contribution in [3.05, 3.63) is 87.7 Å². The molecule has 0 bridgehead atoms. The third-order valence-electron chi connectivity index (χ3n) is 13.7. The quantitative estimate of drug-likeness (QED) is 0.154. The summed E-state index contributed by atoms with van der Waals surface area (Å²) in [6.07, 6.45) is 4.18. The zero-order valence-electron chi connectivity index (χ0n) is 35.2. The molecule has 3 aliphatic heterocycles. The number of benzene rings is 2. The molecule has 1 saturated carbocycles. The van der Waals surface area contributed by atoms with E-state index in [0.717, 1.165) is 112 Å². The number of amides is 3. The summed E-state index contributed by atoms with van der Waals surface area (Å²) in [4.78, 5) is 59.6. The summed E-state index contributed by atoms with van der Waals surface area (Å²) in [6.45, 7) is 9.14. The lowest BCUT2D eigenvalue weighted by Crippen LogP contribution is -2.60. The van der Waals surface area contributed by atoms with Gasteiger partial charge in [0.15, 0.2) is 0 Å². The van der Waals surface area contributed by atoms with Crippen molar-refractivity contribution in [3.8, 4) is 0 Å². The van der Waals surface area contributed by atoms with Crippen molar-refractivity contribution in [2.24, 2.45) is 18.4 Å². The highest BCUT2D eigenvalue weighted by molar-refractivity contribution is 6.04. The van der Waals surface area contributed by atoms with Gasteiger partial charge in [-0.2, -0.15) is 18.3 Å². The normalized spacial score (nSPS) is 22.6. The molecule has 1 aliphatic carbocycles. The molecule has 4 aliphatic rings. The van der Waals surface area contributed by atoms with Gasteiger partial charge in [0.1, 0.15) is 17.4 Å². The van der Waals surface area contributed by atoms with Gasteiger partial charge in [-0.25, -0.2) is 9.78 Å². The van der Waals surface area contributed by atoms with Crippen LogP contribution in [-0.4, -0.2) is 89.3 Å². The number of alkyl halides is 3. The number of nitrogens with one attached hydrogen (secondary N) is 2. The molecule has 328 valence electrons. The van der Waals surface area contributed by atoms with Crippen LogP contribution in [0, 0.1) is 11.3 Å². The number of imide groups is 1. The number of nitrogens with zero attached hydrogens (tertiary/aromatic N) is 7. The molecular weight excluding hydrogens is 804 g/mol. The van der Waals surface area contributed by atoms with E-state index in [1.165, 1.54) is 6.07 Å². The van der Waals surface area contributed by atoms with Crippen LogP contribution in [0.5, 0.6) is 0 Å². The van der Waals surface area contributed by atoms with E-state index in [1.807, 2.05) is 23.0 Å². The topological polar surface area (TPSA) is 160 Å². The van der Waals surface area contributed by atoms with E-state index in [1.54, 1.807) is 42.2 Å². The van der Waals surface area contributed by atoms with Gasteiger partial charge < -0.3 is 15.3 Å². The molecule has 9 rings (SSSR count). The number of imidazole rings is 1. The second kappa shape index (κ2) is 15.8. The molecular formula is C45H52F3N9O5. The monoisotopic (exact) mass is 855 g/mol. The molecule has 0 radical (unpaired) electrons. The van der Waals surface area contributed by atoms with E-state index in [0.29, 0.717) is 28.8 Å². The van der Waals surface area contributed by atoms with Gasteiger partial charge in [-0.1, -0.05) is 18.2 Å². The van der Waals surface area contributed by atoms with Crippen molar-refractivity contribution in [2.45, 2.75) is 95.6 Å². The smallest absolute Gasteiger partial charge is 0.386 e. The lowest BCUT2D eigenvalue weighted by Gasteiger charge is -2.54. The fourth-order valence-electron chi connectivity index (χ4n) is 10.4. The molecule has 5 aromatic rings. The van der Waals surface area contributed by atoms with E-state index in [9.17, 15) is 37.5 Å². The maximum absolute atomic E-state index is 13.4. The summed E-state index contributed by atoms with van der Waals surface area (Å²) >= 11 is 0. The maximum atomic E-state index is 13.4. The number of pyridine rings is 1. The number of anilines is 1. The van der Waals surface area contributed by atoms with Crippen molar-refractivity contribution in [1.29, 1.82) is 0 Å². The first-order valence-electron chi connectivity index (χ1n) is 21.5. The minimum Gasteiger partial charge on any atom is -0.386 e. The average molecular weight is 856 g/mol. The molecule has 3 amide bonds. The van der Waals surface area contributed by atoms with Gasteiger partial charge in [-0.3, -0.25) is 38.4 Å². The van der Waals surface area contributed by atoms with E-state index < -0.39 is 35.3 Å². The third kappa shape index (κ3) is 8.05. The Bertz CT molecular complexity index is 2620. The SMILES string of the molecule is Cn1c(=O)n(C2CCC(=O)NC2=O)c2cccc(CN3CC4(CCN(C[C@H]5CC[C@H](n6cc7cc(NC(=O)c8cccc(C(F)(F)F)n8)c(C(C)(C)O)cc7n6)CC5)CC4)C3)c21. The first kappa shape index (κ1) is 41.9. The van der Waals surface area contributed by atoms with E-state index in [-0.39, 0.29) is 35.4 Å². The molecule has 17 heteroatoms. The number of aliphatic hydroxyl groups is 1. The molecule has 3 N–H and O–H groups in total. The average Bonchev–Trinajstić information content (AvgIpc) is 3.75. The molecule has 1 atom stereocenters. The molecule has 1 unspecified atom stereocenters. The van der Waals surface area contributed by atoms with E-state index >= 15 is 0 Å². The van der Waals surface area contributed by atoms with Gasteiger partial charge in [0.05, 0.1) is 28.2 Å². The van der Waals surface area contributed by atoms with Crippen molar-refractivity contribution >= 4 is 45.3 Å². The van der Waals surface area contributed by atoms with Crippen LogP contribution in [0.3, 0.4) is 0 Å². The summed E-state index contributed by atoms with van der Waals surface area (Å²) in [5, 5.41) is 21.7. The number of aryl methyl sites for hydroxylation is 1. The second-order valence-corrected chi connectivity index (χ2v) is 18.6. The van der Waals surface area contributed by atoms with Crippen LogP contribution >= 0.6 is 0 Å². The number of hydrogen-bond acceptors (Lipinski definition) is 9.